The molecule has 120 valence electrons. The summed E-state index contributed by atoms with van der Waals surface area (Å²) in [5.41, 5.74) is 0. The van der Waals surface area contributed by atoms with Crippen molar-refractivity contribution in [2.24, 2.45) is 0 Å². The van der Waals surface area contributed by atoms with E-state index >= 15 is 0 Å². The van der Waals surface area contributed by atoms with Gasteiger partial charge in [0.05, 0.1) is 0 Å². The van der Waals surface area contributed by atoms with Crippen LogP contribution in [0.2, 0.25) is 0 Å². The summed E-state index contributed by atoms with van der Waals surface area (Å²) < 4.78 is 0. The molecule has 0 saturated carbocycles. The standard InChI is InChI=1S/C17H36N2O/c1-4-6-7-8-9-10-11-12-13-14-17(20)19-16(5-2)15-18-3/h16,18H,4-15H2,1-3H3,(H,19,20). The van der Waals surface area contributed by atoms with Crippen LogP contribution in [-0.4, -0.2) is 25.5 Å². The maximum Gasteiger partial charge on any atom is 0.220 e. The molecule has 0 radical (unpaired) electrons. The monoisotopic (exact) mass is 284 g/mol. The van der Waals surface area contributed by atoms with Gasteiger partial charge in [0.15, 0.2) is 0 Å². The van der Waals surface area contributed by atoms with E-state index in [9.17, 15) is 4.79 Å². The molecule has 0 rings (SSSR count). The minimum Gasteiger partial charge on any atom is -0.352 e. The van der Waals surface area contributed by atoms with Gasteiger partial charge in [0.1, 0.15) is 0 Å². The normalized spacial score (nSPS) is 12.3. The number of carbonyl (C=O) groups is 1. The summed E-state index contributed by atoms with van der Waals surface area (Å²) in [5.74, 6) is 0.218. The lowest BCUT2D eigenvalue weighted by Gasteiger charge is -2.16. The van der Waals surface area contributed by atoms with E-state index in [4.69, 9.17) is 0 Å². The first-order chi connectivity index (χ1) is 9.74. The first kappa shape index (κ1) is 19.4. The molecule has 1 unspecified atom stereocenters. The number of hydrogen-bond donors (Lipinski definition) is 2. The zero-order valence-electron chi connectivity index (χ0n) is 14.0. The van der Waals surface area contributed by atoms with Gasteiger partial charge in [0, 0.05) is 19.0 Å². The van der Waals surface area contributed by atoms with Gasteiger partial charge in [-0.25, -0.2) is 0 Å². The Morgan fingerprint density at radius 1 is 0.900 bits per heavy atom. The number of amides is 1. The van der Waals surface area contributed by atoms with Crippen LogP contribution in [0.25, 0.3) is 0 Å². The SMILES string of the molecule is CCCCCCCCCCCC(=O)NC(CC)CNC. The van der Waals surface area contributed by atoms with Crippen molar-refractivity contribution in [1.82, 2.24) is 10.6 Å². The van der Waals surface area contributed by atoms with Crippen molar-refractivity contribution in [2.45, 2.75) is 90.5 Å². The van der Waals surface area contributed by atoms with Crippen LogP contribution in [0.3, 0.4) is 0 Å². The summed E-state index contributed by atoms with van der Waals surface area (Å²) in [7, 11) is 1.93. The lowest BCUT2D eigenvalue weighted by atomic mass is 10.1. The molecule has 0 aliphatic carbocycles. The second kappa shape index (κ2) is 14.8. The van der Waals surface area contributed by atoms with Gasteiger partial charge in [-0.05, 0) is 19.9 Å². The topological polar surface area (TPSA) is 41.1 Å². The van der Waals surface area contributed by atoms with Crippen LogP contribution in [0, 0.1) is 0 Å². The molecule has 0 aliphatic heterocycles. The predicted octanol–water partition coefficient (Wildman–Crippen LogP) is 4.02. The Morgan fingerprint density at radius 3 is 1.95 bits per heavy atom. The van der Waals surface area contributed by atoms with Crippen LogP contribution in [0.5, 0.6) is 0 Å². The highest BCUT2D eigenvalue weighted by atomic mass is 16.1. The van der Waals surface area contributed by atoms with Crippen LogP contribution in [0.15, 0.2) is 0 Å². The first-order valence-corrected chi connectivity index (χ1v) is 8.68. The van der Waals surface area contributed by atoms with Gasteiger partial charge in [-0.1, -0.05) is 65.2 Å². The van der Waals surface area contributed by atoms with Crippen molar-refractivity contribution in [2.75, 3.05) is 13.6 Å². The summed E-state index contributed by atoms with van der Waals surface area (Å²) in [6.07, 6.45) is 13.4. The summed E-state index contributed by atoms with van der Waals surface area (Å²) in [5, 5.41) is 6.21. The van der Waals surface area contributed by atoms with Crippen LogP contribution < -0.4 is 10.6 Å². The molecule has 0 heterocycles. The first-order valence-electron chi connectivity index (χ1n) is 8.68. The molecular formula is C17H36N2O. The van der Waals surface area contributed by atoms with Crippen LogP contribution >= 0.6 is 0 Å². The van der Waals surface area contributed by atoms with Gasteiger partial charge in [-0.15, -0.1) is 0 Å². The molecule has 1 amide bonds. The Morgan fingerprint density at radius 2 is 1.45 bits per heavy atom. The van der Waals surface area contributed by atoms with E-state index in [1.165, 1.54) is 51.4 Å². The van der Waals surface area contributed by atoms with Crippen molar-refractivity contribution in [3.05, 3.63) is 0 Å². The minimum atomic E-state index is 0.218. The number of carbonyl (C=O) groups excluding carboxylic acids is 1. The van der Waals surface area contributed by atoms with Gasteiger partial charge < -0.3 is 10.6 Å². The second-order valence-electron chi connectivity index (χ2n) is 5.81. The van der Waals surface area contributed by atoms with Gasteiger partial charge >= 0.3 is 0 Å². The van der Waals surface area contributed by atoms with Crippen molar-refractivity contribution < 1.29 is 4.79 Å². The molecule has 0 aromatic carbocycles. The van der Waals surface area contributed by atoms with Gasteiger partial charge in [0.25, 0.3) is 0 Å². The average Bonchev–Trinajstić information content (AvgIpc) is 2.45. The molecule has 0 aromatic rings. The smallest absolute Gasteiger partial charge is 0.220 e. The molecular weight excluding hydrogens is 248 g/mol. The van der Waals surface area contributed by atoms with E-state index in [-0.39, 0.29) is 11.9 Å². The van der Waals surface area contributed by atoms with Gasteiger partial charge in [-0.3, -0.25) is 4.79 Å². The molecule has 0 bridgehead atoms. The summed E-state index contributed by atoms with van der Waals surface area (Å²) in [6.45, 7) is 5.23. The van der Waals surface area contributed by atoms with Crippen molar-refractivity contribution in [3.63, 3.8) is 0 Å². The molecule has 3 heteroatoms. The molecule has 20 heavy (non-hydrogen) atoms. The molecule has 0 spiro atoms. The molecule has 2 N–H and O–H groups in total. The van der Waals surface area contributed by atoms with Crippen LogP contribution in [0.4, 0.5) is 0 Å². The van der Waals surface area contributed by atoms with Gasteiger partial charge in [-0.2, -0.15) is 0 Å². The lowest BCUT2D eigenvalue weighted by Crippen LogP contribution is -2.40. The molecule has 1 atom stereocenters. The molecule has 0 saturated heterocycles. The van der Waals surface area contributed by atoms with E-state index < -0.39 is 0 Å². The second-order valence-corrected chi connectivity index (χ2v) is 5.81. The Balaban J connectivity index is 3.34. The zero-order chi connectivity index (χ0) is 15.1. The molecule has 3 nitrogen and oxygen atoms in total. The number of likely N-dealkylation sites (N-methyl/N-ethyl adjacent to an activating group) is 1. The number of rotatable bonds is 14. The fourth-order valence-corrected chi connectivity index (χ4v) is 2.44. The van der Waals surface area contributed by atoms with Crippen LogP contribution in [-0.2, 0) is 4.79 Å². The third kappa shape index (κ3) is 12.5. The Kier molecular flexibility index (Phi) is 14.4. The highest BCUT2D eigenvalue weighted by Crippen LogP contribution is 2.10. The minimum absolute atomic E-state index is 0.218. The van der Waals surface area contributed by atoms with Crippen LogP contribution in [0.1, 0.15) is 84.5 Å². The van der Waals surface area contributed by atoms with Gasteiger partial charge in [0.2, 0.25) is 5.91 Å². The summed E-state index contributed by atoms with van der Waals surface area (Å²) in [6, 6.07) is 0.283. The van der Waals surface area contributed by atoms with E-state index in [1.807, 2.05) is 7.05 Å². The number of unbranched alkanes of at least 4 members (excludes halogenated alkanes) is 8. The molecule has 0 aromatic heterocycles. The van der Waals surface area contributed by atoms with E-state index in [2.05, 4.69) is 24.5 Å². The Labute approximate surface area is 126 Å². The Hall–Kier alpha value is -0.570. The average molecular weight is 284 g/mol. The quantitative estimate of drug-likeness (QED) is 0.473. The lowest BCUT2D eigenvalue weighted by molar-refractivity contribution is -0.121. The van der Waals surface area contributed by atoms with E-state index in [0.29, 0.717) is 6.42 Å². The summed E-state index contributed by atoms with van der Waals surface area (Å²) in [4.78, 5) is 11.8. The van der Waals surface area contributed by atoms with Crippen molar-refractivity contribution in [3.8, 4) is 0 Å². The summed E-state index contributed by atoms with van der Waals surface area (Å²) >= 11 is 0. The number of nitrogens with one attached hydrogen (secondary N) is 2. The highest BCUT2D eigenvalue weighted by molar-refractivity contribution is 5.76. The maximum absolute atomic E-state index is 11.8. The fraction of sp³-hybridized carbons (Fsp3) is 0.941. The third-order valence-electron chi connectivity index (χ3n) is 3.82. The van der Waals surface area contributed by atoms with Crippen molar-refractivity contribution >= 4 is 5.91 Å². The maximum atomic E-state index is 11.8. The zero-order valence-corrected chi connectivity index (χ0v) is 14.0. The van der Waals surface area contributed by atoms with E-state index in [1.54, 1.807) is 0 Å². The molecule has 0 fully saturated rings. The largest absolute Gasteiger partial charge is 0.352 e. The number of hydrogen-bond acceptors (Lipinski definition) is 2. The fourth-order valence-electron chi connectivity index (χ4n) is 2.44. The van der Waals surface area contributed by atoms with E-state index in [0.717, 1.165) is 19.4 Å². The van der Waals surface area contributed by atoms with Crippen molar-refractivity contribution in [1.29, 1.82) is 0 Å². The molecule has 0 aliphatic rings. The predicted molar refractivity (Wildman–Crippen MR) is 88.0 cm³/mol. The third-order valence-corrected chi connectivity index (χ3v) is 3.82. The Bertz CT molecular complexity index is 219. The highest BCUT2D eigenvalue weighted by Gasteiger charge is 2.08.